The summed E-state index contributed by atoms with van der Waals surface area (Å²) in [5.74, 6) is -0.315. The van der Waals surface area contributed by atoms with Crippen LogP contribution in [0.2, 0.25) is 0 Å². The first-order chi connectivity index (χ1) is 7.27. The largest absolute Gasteiger partial charge is 0.376 e. The Morgan fingerprint density at radius 2 is 1.94 bits per heavy atom. The number of nitrogens with two attached hydrogens (primary N) is 1. The molecule has 0 saturated carbocycles. The Kier molecular flexibility index (Phi) is 5.97. The molecule has 16 heavy (non-hydrogen) atoms. The first-order valence-electron chi connectivity index (χ1n) is 5.90. The Bertz CT molecular complexity index is 229. The average Bonchev–Trinajstić information content (AvgIpc) is 2.24. The lowest BCUT2D eigenvalue weighted by Crippen LogP contribution is -2.51. The van der Waals surface area contributed by atoms with E-state index in [9.17, 15) is 4.79 Å². The standard InChI is InChI=1S/C12H26N2O2/c1-6-11(2,3)16-9-7-8-12(4,14-5)10(13)15/h14H,6-9H2,1-5H3,(H2,13,15). The van der Waals surface area contributed by atoms with Crippen LogP contribution in [-0.2, 0) is 9.53 Å². The Balaban J connectivity index is 3.94. The Morgan fingerprint density at radius 3 is 2.31 bits per heavy atom. The molecule has 0 aliphatic heterocycles. The maximum atomic E-state index is 11.2. The van der Waals surface area contributed by atoms with Gasteiger partial charge in [-0.2, -0.15) is 0 Å². The van der Waals surface area contributed by atoms with Crippen LogP contribution in [0.15, 0.2) is 0 Å². The van der Waals surface area contributed by atoms with Crippen LogP contribution < -0.4 is 11.1 Å². The predicted octanol–water partition coefficient (Wildman–Crippen LogP) is 1.44. The molecule has 0 aromatic heterocycles. The Hall–Kier alpha value is -0.610. The van der Waals surface area contributed by atoms with Gasteiger partial charge < -0.3 is 15.8 Å². The van der Waals surface area contributed by atoms with Crippen molar-refractivity contribution in [2.45, 2.75) is 58.1 Å². The highest BCUT2D eigenvalue weighted by Gasteiger charge is 2.28. The number of hydrogen-bond acceptors (Lipinski definition) is 3. The van der Waals surface area contributed by atoms with Crippen molar-refractivity contribution in [1.29, 1.82) is 0 Å². The number of hydrogen-bond donors (Lipinski definition) is 2. The molecule has 1 atom stereocenters. The van der Waals surface area contributed by atoms with E-state index in [0.29, 0.717) is 13.0 Å². The van der Waals surface area contributed by atoms with Gasteiger partial charge in [-0.15, -0.1) is 0 Å². The highest BCUT2D eigenvalue weighted by atomic mass is 16.5. The van der Waals surface area contributed by atoms with Gasteiger partial charge in [0.15, 0.2) is 0 Å². The molecule has 96 valence electrons. The zero-order chi connectivity index (χ0) is 12.8. The number of carbonyl (C=O) groups is 1. The summed E-state index contributed by atoms with van der Waals surface area (Å²) in [7, 11) is 1.75. The molecule has 4 heteroatoms. The number of likely N-dealkylation sites (N-methyl/N-ethyl adjacent to an activating group) is 1. The summed E-state index contributed by atoms with van der Waals surface area (Å²) in [5.41, 5.74) is 4.63. The van der Waals surface area contributed by atoms with E-state index in [4.69, 9.17) is 10.5 Å². The van der Waals surface area contributed by atoms with Crippen molar-refractivity contribution in [2.75, 3.05) is 13.7 Å². The second-order valence-electron chi connectivity index (χ2n) is 5.01. The fourth-order valence-electron chi connectivity index (χ4n) is 1.25. The SMILES string of the molecule is CCC(C)(C)OCCCC(C)(NC)C(N)=O. The minimum atomic E-state index is -0.625. The minimum Gasteiger partial charge on any atom is -0.376 e. The minimum absolute atomic E-state index is 0.0806. The average molecular weight is 230 g/mol. The van der Waals surface area contributed by atoms with Crippen LogP contribution in [-0.4, -0.2) is 30.7 Å². The first kappa shape index (κ1) is 15.4. The lowest BCUT2D eigenvalue weighted by molar-refractivity contribution is -0.124. The van der Waals surface area contributed by atoms with Gasteiger partial charge in [0.05, 0.1) is 11.1 Å². The predicted molar refractivity (Wildman–Crippen MR) is 66.2 cm³/mol. The van der Waals surface area contributed by atoms with Gasteiger partial charge in [-0.3, -0.25) is 4.79 Å². The molecule has 1 amide bonds. The summed E-state index contributed by atoms with van der Waals surface area (Å²) in [6.45, 7) is 8.71. The molecule has 0 aliphatic rings. The van der Waals surface area contributed by atoms with E-state index in [1.54, 1.807) is 7.05 Å². The van der Waals surface area contributed by atoms with E-state index < -0.39 is 5.54 Å². The molecule has 0 heterocycles. The van der Waals surface area contributed by atoms with Crippen LogP contribution in [0.3, 0.4) is 0 Å². The van der Waals surface area contributed by atoms with Gasteiger partial charge in [0.25, 0.3) is 0 Å². The van der Waals surface area contributed by atoms with Gasteiger partial charge in [0.2, 0.25) is 5.91 Å². The third-order valence-corrected chi connectivity index (χ3v) is 3.26. The molecule has 0 aromatic carbocycles. The Labute approximate surface area is 98.9 Å². The number of amides is 1. The molecule has 0 saturated heterocycles. The third kappa shape index (κ3) is 4.94. The molecule has 0 radical (unpaired) electrons. The second-order valence-corrected chi connectivity index (χ2v) is 5.01. The molecule has 0 spiro atoms. The van der Waals surface area contributed by atoms with Crippen molar-refractivity contribution < 1.29 is 9.53 Å². The van der Waals surface area contributed by atoms with E-state index >= 15 is 0 Å². The smallest absolute Gasteiger partial charge is 0.237 e. The van der Waals surface area contributed by atoms with Crippen LogP contribution in [0.1, 0.15) is 47.0 Å². The summed E-state index contributed by atoms with van der Waals surface area (Å²) in [6.07, 6.45) is 2.49. The number of carbonyl (C=O) groups excluding carboxylic acids is 1. The van der Waals surface area contributed by atoms with Crippen LogP contribution >= 0.6 is 0 Å². The fraction of sp³-hybridized carbons (Fsp3) is 0.917. The lowest BCUT2D eigenvalue weighted by atomic mass is 9.95. The van der Waals surface area contributed by atoms with Crippen molar-refractivity contribution >= 4 is 5.91 Å². The van der Waals surface area contributed by atoms with Gasteiger partial charge in [-0.05, 0) is 47.1 Å². The van der Waals surface area contributed by atoms with Crippen molar-refractivity contribution in [1.82, 2.24) is 5.32 Å². The molecule has 0 bridgehead atoms. The molecule has 1 unspecified atom stereocenters. The maximum Gasteiger partial charge on any atom is 0.237 e. The van der Waals surface area contributed by atoms with Crippen LogP contribution in [0, 0.1) is 0 Å². The van der Waals surface area contributed by atoms with Gasteiger partial charge in [0.1, 0.15) is 0 Å². The fourth-order valence-corrected chi connectivity index (χ4v) is 1.25. The summed E-state index contributed by atoms with van der Waals surface area (Å²) >= 11 is 0. The zero-order valence-electron chi connectivity index (χ0n) is 11.2. The van der Waals surface area contributed by atoms with Gasteiger partial charge in [-0.25, -0.2) is 0 Å². The van der Waals surface area contributed by atoms with E-state index in [2.05, 4.69) is 26.1 Å². The normalized spacial score (nSPS) is 15.8. The molecule has 3 N–H and O–H groups in total. The highest BCUT2D eigenvalue weighted by Crippen LogP contribution is 2.16. The summed E-state index contributed by atoms with van der Waals surface area (Å²) in [6, 6.07) is 0. The van der Waals surface area contributed by atoms with E-state index in [1.807, 2.05) is 6.92 Å². The molecule has 4 nitrogen and oxygen atoms in total. The van der Waals surface area contributed by atoms with Crippen molar-refractivity contribution in [2.24, 2.45) is 5.73 Å². The van der Waals surface area contributed by atoms with Gasteiger partial charge in [0, 0.05) is 6.61 Å². The van der Waals surface area contributed by atoms with Crippen LogP contribution in [0.5, 0.6) is 0 Å². The number of nitrogens with one attached hydrogen (secondary N) is 1. The van der Waals surface area contributed by atoms with Crippen molar-refractivity contribution in [3.63, 3.8) is 0 Å². The van der Waals surface area contributed by atoms with Crippen molar-refractivity contribution in [3.05, 3.63) is 0 Å². The monoisotopic (exact) mass is 230 g/mol. The van der Waals surface area contributed by atoms with Crippen molar-refractivity contribution in [3.8, 4) is 0 Å². The van der Waals surface area contributed by atoms with Gasteiger partial charge in [-0.1, -0.05) is 6.92 Å². The quantitative estimate of drug-likeness (QED) is 0.620. The summed E-state index contributed by atoms with van der Waals surface area (Å²) in [5, 5.41) is 2.96. The molecular weight excluding hydrogens is 204 g/mol. The van der Waals surface area contributed by atoms with Gasteiger partial charge >= 0.3 is 0 Å². The number of ether oxygens (including phenoxy) is 1. The first-order valence-corrected chi connectivity index (χ1v) is 5.90. The number of rotatable bonds is 8. The summed E-state index contributed by atoms with van der Waals surface area (Å²) < 4.78 is 5.72. The Morgan fingerprint density at radius 1 is 1.38 bits per heavy atom. The summed E-state index contributed by atoms with van der Waals surface area (Å²) in [4.78, 5) is 11.2. The van der Waals surface area contributed by atoms with Crippen LogP contribution in [0.25, 0.3) is 0 Å². The molecular formula is C12H26N2O2. The number of primary amides is 1. The van der Waals surface area contributed by atoms with E-state index in [0.717, 1.165) is 12.8 Å². The molecule has 0 aliphatic carbocycles. The third-order valence-electron chi connectivity index (χ3n) is 3.26. The van der Waals surface area contributed by atoms with E-state index in [1.165, 1.54) is 0 Å². The van der Waals surface area contributed by atoms with Crippen LogP contribution in [0.4, 0.5) is 0 Å². The second kappa shape index (κ2) is 6.21. The highest BCUT2D eigenvalue weighted by molar-refractivity contribution is 5.84. The molecule has 0 fully saturated rings. The molecule has 0 rings (SSSR count). The zero-order valence-corrected chi connectivity index (χ0v) is 11.2. The maximum absolute atomic E-state index is 11.2. The molecule has 0 aromatic rings. The topological polar surface area (TPSA) is 64.3 Å². The lowest BCUT2D eigenvalue weighted by Gasteiger charge is -2.27. The van der Waals surface area contributed by atoms with E-state index in [-0.39, 0.29) is 11.5 Å².